The normalized spacial score (nSPS) is 19.8. The number of imide groups is 1. The lowest BCUT2D eigenvalue weighted by molar-refractivity contribution is -0.136. The van der Waals surface area contributed by atoms with Crippen LogP contribution < -0.4 is 14.8 Å². The van der Waals surface area contributed by atoms with Crippen molar-refractivity contribution in [3.05, 3.63) is 102 Å². The number of rotatable bonds is 11. The first-order chi connectivity index (χ1) is 28.2. The summed E-state index contributed by atoms with van der Waals surface area (Å²) in [4.78, 5) is 44.9. The van der Waals surface area contributed by atoms with E-state index in [2.05, 4.69) is 27.2 Å². The van der Waals surface area contributed by atoms with Gasteiger partial charge in [-0.25, -0.2) is 0 Å². The van der Waals surface area contributed by atoms with Crippen LogP contribution in [0.2, 0.25) is 0 Å². The van der Waals surface area contributed by atoms with Crippen LogP contribution in [-0.4, -0.2) is 94.6 Å². The average molecular weight is 801 g/mol. The number of hydrogen-bond acceptors (Lipinski definition) is 10. The van der Waals surface area contributed by atoms with Gasteiger partial charge in [0.25, 0.3) is 5.91 Å². The number of piperidine rings is 3. The van der Waals surface area contributed by atoms with E-state index in [0.29, 0.717) is 48.5 Å². The number of phenols is 2. The number of fused-ring (bicyclic) bond motifs is 2. The maximum absolute atomic E-state index is 13.1. The Hall–Kier alpha value is -5.43. The van der Waals surface area contributed by atoms with Crippen LogP contribution in [0.4, 0.5) is 0 Å². The molecule has 0 bridgehead atoms. The number of phenolic OH excluding ortho intramolecular Hbond substituents is 2. The second-order valence-electron chi connectivity index (χ2n) is 16.1. The van der Waals surface area contributed by atoms with Crippen molar-refractivity contribution in [2.45, 2.75) is 57.0 Å². The molecular weight excluding hydrogens is 753 g/mol. The molecule has 1 unspecified atom stereocenters. The summed E-state index contributed by atoms with van der Waals surface area (Å²) in [6.07, 6.45) is 5.06. The lowest BCUT2D eigenvalue weighted by Crippen LogP contribution is -2.52. The first-order valence-electron chi connectivity index (χ1n) is 20.4. The van der Waals surface area contributed by atoms with Gasteiger partial charge in [-0.15, -0.1) is 11.3 Å². The van der Waals surface area contributed by atoms with E-state index >= 15 is 0 Å². The molecule has 4 aliphatic rings. The van der Waals surface area contributed by atoms with Gasteiger partial charge in [0.15, 0.2) is 5.75 Å². The van der Waals surface area contributed by atoms with Crippen LogP contribution in [0, 0.1) is 5.92 Å². The van der Waals surface area contributed by atoms with Crippen LogP contribution in [-0.2, 0) is 16.1 Å². The van der Waals surface area contributed by atoms with Gasteiger partial charge in [0.2, 0.25) is 11.8 Å². The largest absolute Gasteiger partial charge is 0.508 e. The molecule has 11 nitrogen and oxygen atoms in total. The lowest BCUT2D eigenvalue weighted by Gasteiger charge is -2.36. The minimum Gasteiger partial charge on any atom is -0.508 e. The number of aromatic hydroxyl groups is 2. The summed E-state index contributed by atoms with van der Waals surface area (Å²) in [7, 11) is 0. The number of thiophene rings is 1. The lowest BCUT2D eigenvalue weighted by atomic mass is 9.88. The molecule has 1 atom stereocenters. The minimum absolute atomic E-state index is 0.116. The van der Waals surface area contributed by atoms with Crippen LogP contribution in [0.1, 0.15) is 65.9 Å². The fourth-order valence-electron chi connectivity index (χ4n) is 8.90. The molecule has 3 saturated heterocycles. The van der Waals surface area contributed by atoms with Gasteiger partial charge in [0.05, 0.1) is 11.5 Å². The highest BCUT2D eigenvalue weighted by Crippen LogP contribution is 2.47. The third-order valence-electron chi connectivity index (χ3n) is 12.3. The highest BCUT2D eigenvalue weighted by molar-refractivity contribution is 7.22. The second-order valence-corrected chi connectivity index (χ2v) is 17.1. The SMILES string of the molecule is O=C1CCC(N2Cc3cc(C4CCN(CCN5CCC(COc6ccc(Oc7c(-c8ccc(O)cc8)sc8cc(O)ccc78)cc6)CC5)CC4)ccc3C2=O)C(=O)N1. The Morgan fingerprint density at radius 1 is 0.741 bits per heavy atom. The fourth-order valence-corrected chi connectivity index (χ4v) is 10.1. The van der Waals surface area contributed by atoms with Crippen molar-refractivity contribution in [1.29, 1.82) is 0 Å². The molecule has 4 aromatic carbocycles. The quantitative estimate of drug-likeness (QED) is 0.116. The second kappa shape index (κ2) is 16.4. The molecule has 3 N–H and O–H groups in total. The van der Waals surface area contributed by atoms with E-state index in [4.69, 9.17) is 9.47 Å². The third-order valence-corrected chi connectivity index (χ3v) is 13.5. The summed E-state index contributed by atoms with van der Waals surface area (Å²) in [6.45, 7) is 7.54. The molecule has 0 spiro atoms. The molecule has 4 aliphatic heterocycles. The topological polar surface area (TPSA) is 132 Å². The monoisotopic (exact) mass is 800 g/mol. The summed E-state index contributed by atoms with van der Waals surface area (Å²) >= 11 is 1.54. The van der Waals surface area contributed by atoms with Crippen molar-refractivity contribution in [2.24, 2.45) is 5.92 Å². The van der Waals surface area contributed by atoms with Crippen LogP contribution in [0.15, 0.2) is 84.9 Å². The van der Waals surface area contributed by atoms with E-state index in [1.54, 1.807) is 29.2 Å². The summed E-state index contributed by atoms with van der Waals surface area (Å²) < 4.78 is 13.6. The molecule has 0 aliphatic carbocycles. The zero-order valence-electron chi connectivity index (χ0n) is 32.4. The molecule has 3 amide bonds. The number of ether oxygens (including phenoxy) is 2. The molecule has 5 heterocycles. The molecule has 9 rings (SSSR count). The van der Waals surface area contributed by atoms with Gasteiger partial charge in [-0.1, -0.05) is 12.1 Å². The smallest absolute Gasteiger partial charge is 0.255 e. The van der Waals surface area contributed by atoms with E-state index < -0.39 is 6.04 Å². The first kappa shape index (κ1) is 38.1. The average Bonchev–Trinajstić information content (AvgIpc) is 3.76. The van der Waals surface area contributed by atoms with Crippen molar-refractivity contribution < 1.29 is 34.1 Å². The van der Waals surface area contributed by atoms with Crippen molar-refractivity contribution >= 4 is 39.1 Å². The number of carbonyl (C=O) groups is 3. The number of likely N-dealkylation sites (tertiary alicyclic amines) is 2. The highest BCUT2D eigenvalue weighted by Gasteiger charge is 2.39. The minimum atomic E-state index is -0.582. The molecule has 3 fully saturated rings. The Morgan fingerprint density at radius 3 is 2.16 bits per heavy atom. The van der Waals surface area contributed by atoms with Crippen molar-refractivity contribution in [3.8, 4) is 39.2 Å². The summed E-state index contributed by atoms with van der Waals surface area (Å²) in [5, 5.41) is 23.2. The van der Waals surface area contributed by atoms with Gasteiger partial charge in [-0.2, -0.15) is 0 Å². The van der Waals surface area contributed by atoms with Crippen LogP contribution in [0.25, 0.3) is 20.5 Å². The predicted octanol–water partition coefficient (Wildman–Crippen LogP) is 7.50. The number of nitrogens with one attached hydrogen (secondary N) is 1. The van der Waals surface area contributed by atoms with E-state index in [1.807, 2.05) is 48.5 Å². The highest BCUT2D eigenvalue weighted by atomic mass is 32.1. The van der Waals surface area contributed by atoms with Crippen LogP contribution in [0.5, 0.6) is 28.7 Å². The predicted molar refractivity (Wildman–Crippen MR) is 223 cm³/mol. The maximum Gasteiger partial charge on any atom is 0.255 e. The van der Waals surface area contributed by atoms with Gasteiger partial charge in [-0.05, 0) is 160 Å². The zero-order chi connectivity index (χ0) is 39.8. The molecule has 0 radical (unpaired) electrons. The van der Waals surface area contributed by atoms with E-state index in [0.717, 1.165) is 96.8 Å². The Balaban J connectivity index is 0.706. The number of nitrogens with zero attached hydrogens (tertiary/aromatic N) is 3. The number of benzene rings is 4. The Morgan fingerprint density at radius 2 is 1.43 bits per heavy atom. The number of amides is 3. The van der Waals surface area contributed by atoms with Gasteiger partial charge in [0.1, 0.15) is 29.0 Å². The first-order valence-corrected chi connectivity index (χ1v) is 21.2. The maximum atomic E-state index is 13.1. The number of hydrogen-bond donors (Lipinski definition) is 3. The molecule has 5 aromatic rings. The molecular formula is C46H48N4O7S. The van der Waals surface area contributed by atoms with Crippen molar-refractivity contribution in [1.82, 2.24) is 20.0 Å². The van der Waals surface area contributed by atoms with E-state index in [-0.39, 0.29) is 35.6 Å². The third kappa shape index (κ3) is 8.14. The van der Waals surface area contributed by atoms with Gasteiger partial charge >= 0.3 is 0 Å². The fraction of sp³-hybridized carbons (Fsp3) is 0.370. The van der Waals surface area contributed by atoms with Crippen LogP contribution >= 0.6 is 11.3 Å². The standard InChI is InChI=1S/C46H48N4O7S/c51-34-4-1-31(2-5-34)44-43(39-12-6-35(52)26-41(39)58-44)57-37-9-7-36(8-10-37)56-28-29-15-19-48(20-16-29)23-24-49-21-17-30(18-22-49)32-3-11-38-33(25-32)27-50(46(38)55)40-13-14-42(53)47-45(40)54/h1-12,25-26,29-30,40,51-52H,13-24,27-28H2,(H,47,53,54). The molecule has 1 aromatic heterocycles. The van der Waals surface area contributed by atoms with Crippen LogP contribution in [0.3, 0.4) is 0 Å². The Kier molecular flexibility index (Phi) is 10.8. The summed E-state index contributed by atoms with van der Waals surface area (Å²) in [6, 6.07) is 25.7. The Labute approximate surface area is 341 Å². The molecule has 0 saturated carbocycles. The van der Waals surface area contributed by atoms with Gasteiger partial charge < -0.3 is 34.4 Å². The summed E-state index contributed by atoms with van der Waals surface area (Å²) in [5.74, 6) is 2.86. The molecule has 58 heavy (non-hydrogen) atoms. The molecule has 300 valence electrons. The molecule has 12 heteroatoms. The Bertz CT molecular complexity index is 2310. The van der Waals surface area contributed by atoms with E-state index in [9.17, 15) is 24.6 Å². The van der Waals surface area contributed by atoms with Gasteiger partial charge in [0, 0.05) is 41.7 Å². The van der Waals surface area contributed by atoms with E-state index in [1.165, 1.54) is 16.9 Å². The van der Waals surface area contributed by atoms with Crippen molar-refractivity contribution in [3.63, 3.8) is 0 Å². The van der Waals surface area contributed by atoms with Crippen molar-refractivity contribution in [2.75, 3.05) is 45.9 Å². The van der Waals surface area contributed by atoms with Gasteiger partial charge in [-0.3, -0.25) is 19.7 Å². The number of carbonyl (C=O) groups excluding carboxylic acids is 3. The summed E-state index contributed by atoms with van der Waals surface area (Å²) in [5.41, 5.74) is 3.87. The zero-order valence-corrected chi connectivity index (χ0v) is 33.2.